The molecule has 0 atom stereocenters. The van der Waals surface area contributed by atoms with E-state index in [1.807, 2.05) is 32.2 Å². The average molecular weight is 311 g/mol. The first kappa shape index (κ1) is 15.4. The summed E-state index contributed by atoms with van der Waals surface area (Å²) in [6.07, 6.45) is 3.52. The van der Waals surface area contributed by atoms with Crippen molar-refractivity contribution in [2.45, 2.75) is 6.92 Å². The van der Waals surface area contributed by atoms with Crippen molar-refractivity contribution in [3.05, 3.63) is 47.4 Å². The van der Waals surface area contributed by atoms with Crippen LogP contribution in [0.5, 0.6) is 0 Å². The maximum Gasteiger partial charge on any atom is 0.129 e. The van der Waals surface area contributed by atoms with Crippen LogP contribution in [-0.2, 0) is 4.74 Å². The number of anilines is 2. The van der Waals surface area contributed by atoms with Crippen molar-refractivity contribution in [3.8, 4) is 0 Å². The largest absolute Gasteiger partial charge is 0.387 e. The molecule has 0 bridgehead atoms. The zero-order valence-corrected chi connectivity index (χ0v) is 13.5. The highest BCUT2D eigenvalue weighted by Crippen LogP contribution is 2.23. The summed E-state index contributed by atoms with van der Waals surface area (Å²) < 4.78 is 5.39. The number of morpholine rings is 1. The second kappa shape index (κ2) is 6.75. The zero-order chi connectivity index (χ0) is 16.2. The Kier molecular flexibility index (Phi) is 4.52. The number of rotatable bonds is 4. The summed E-state index contributed by atoms with van der Waals surface area (Å²) >= 11 is 0. The fourth-order valence-electron chi connectivity index (χ4n) is 2.77. The third-order valence-corrected chi connectivity index (χ3v) is 4.03. The quantitative estimate of drug-likeness (QED) is 0.846. The van der Waals surface area contributed by atoms with Crippen LogP contribution < -0.4 is 10.2 Å². The number of nitrogens with zero attached hydrogens (tertiary/aromatic N) is 3. The standard InChI is InChI=1S/C17H21N5O/c1-12-16(14(19-2)4-6-20-12)17(18)13-3-5-21-15(11-13)22-7-9-23-10-8-22/h3-6,11,18H,7-10H2,1-2H3,(H,19,20). The molecule has 6 nitrogen and oxygen atoms in total. The molecule has 0 aromatic carbocycles. The molecule has 1 aliphatic rings. The monoisotopic (exact) mass is 311 g/mol. The summed E-state index contributed by atoms with van der Waals surface area (Å²) in [7, 11) is 1.86. The summed E-state index contributed by atoms with van der Waals surface area (Å²) in [4.78, 5) is 11.0. The van der Waals surface area contributed by atoms with Crippen molar-refractivity contribution >= 4 is 17.2 Å². The second-order valence-electron chi connectivity index (χ2n) is 5.45. The van der Waals surface area contributed by atoms with Gasteiger partial charge in [-0.05, 0) is 25.1 Å². The van der Waals surface area contributed by atoms with Crippen LogP contribution >= 0.6 is 0 Å². The molecule has 0 radical (unpaired) electrons. The topological polar surface area (TPSA) is 74.1 Å². The first-order valence-corrected chi connectivity index (χ1v) is 7.72. The van der Waals surface area contributed by atoms with Crippen molar-refractivity contribution < 1.29 is 4.74 Å². The van der Waals surface area contributed by atoms with Gasteiger partial charge in [0.05, 0.1) is 18.9 Å². The van der Waals surface area contributed by atoms with Gasteiger partial charge in [0, 0.05) is 55.0 Å². The molecule has 0 saturated carbocycles. The summed E-state index contributed by atoms with van der Waals surface area (Å²) in [6, 6.07) is 5.73. The van der Waals surface area contributed by atoms with E-state index >= 15 is 0 Å². The minimum Gasteiger partial charge on any atom is -0.387 e. The fourth-order valence-corrected chi connectivity index (χ4v) is 2.77. The minimum absolute atomic E-state index is 0.455. The number of ether oxygens (including phenoxy) is 1. The number of aryl methyl sites for hydroxylation is 1. The lowest BCUT2D eigenvalue weighted by Gasteiger charge is -2.28. The Bertz CT molecular complexity index is 710. The van der Waals surface area contributed by atoms with E-state index in [-0.39, 0.29) is 0 Å². The van der Waals surface area contributed by atoms with Gasteiger partial charge in [-0.3, -0.25) is 10.4 Å². The van der Waals surface area contributed by atoms with Crippen molar-refractivity contribution in [3.63, 3.8) is 0 Å². The lowest BCUT2D eigenvalue weighted by atomic mass is 10.0. The molecule has 0 unspecified atom stereocenters. The normalized spacial score (nSPS) is 14.6. The molecule has 0 aliphatic carbocycles. The van der Waals surface area contributed by atoms with Crippen molar-refractivity contribution in [2.75, 3.05) is 43.6 Å². The average Bonchev–Trinajstić information content (AvgIpc) is 2.61. The Morgan fingerprint density at radius 3 is 2.70 bits per heavy atom. The summed E-state index contributed by atoms with van der Waals surface area (Å²) in [6.45, 7) is 5.02. The SMILES string of the molecule is CNc1ccnc(C)c1C(=N)c1ccnc(N2CCOCC2)c1. The highest BCUT2D eigenvalue weighted by molar-refractivity contribution is 6.14. The van der Waals surface area contributed by atoms with Crippen LogP contribution in [0, 0.1) is 12.3 Å². The smallest absolute Gasteiger partial charge is 0.129 e. The van der Waals surface area contributed by atoms with E-state index in [4.69, 9.17) is 10.1 Å². The maximum atomic E-state index is 8.62. The predicted octanol–water partition coefficient (Wildman–Crippen LogP) is 2.08. The molecule has 6 heteroatoms. The molecule has 2 aromatic heterocycles. The third-order valence-electron chi connectivity index (χ3n) is 4.03. The maximum absolute atomic E-state index is 8.62. The van der Waals surface area contributed by atoms with Gasteiger partial charge >= 0.3 is 0 Å². The number of hydrogen-bond acceptors (Lipinski definition) is 6. The minimum atomic E-state index is 0.455. The molecule has 3 heterocycles. The van der Waals surface area contributed by atoms with Crippen molar-refractivity contribution in [1.29, 1.82) is 5.41 Å². The fraction of sp³-hybridized carbons (Fsp3) is 0.353. The van der Waals surface area contributed by atoms with Gasteiger partial charge in [0.2, 0.25) is 0 Å². The molecule has 2 N–H and O–H groups in total. The first-order valence-electron chi connectivity index (χ1n) is 7.72. The van der Waals surface area contributed by atoms with Gasteiger partial charge in [-0.25, -0.2) is 4.98 Å². The molecule has 1 saturated heterocycles. The Morgan fingerprint density at radius 1 is 1.22 bits per heavy atom. The number of aromatic nitrogens is 2. The molecule has 23 heavy (non-hydrogen) atoms. The Hall–Kier alpha value is -2.47. The van der Waals surface area contributed by atoms with E-state index < -0.39 is 0 Å². The third kappa shape index (κ3) is 3.17. The number of pyridine rings is 2. The molecule has 0 amide bonds. The van der Waals surface area contributed by atoms with Gasteiger partial charge in [0.15, 0.2) is 0 Å². The highest BCUT2D eigenvalue weighted by atomic mass is 16.5. The molecule has 120 valence electrons. The molecule has 0 spiro atoms. The molecule has 1 aliphatic heterocycles. The van der Waals surface area contributed by atoms with Gasteiger partial charge in [0.1, 0.15) is 5.82 Å². The molecule has 2 aromatic rings. The van der Waals surface area contributed by atoms with Gasteiger partial charge in [-0.2, -0.15) is 0 Å². The number of hydrogen-bond donors (Lipinski definition) is 2. The molecular formula is C17H21N5O. The molecule has 1 fully saturated rings. The second-order valence-corrected chi connectivity index (χ2v) is 5.45. The van der Waals surface area contributed by atoms with Gasteiger partial charge in [-0.1, -0.05) is 0 Å². The lowest BCUT2D eigenvalue weighted by Crippen LogP contribution is -2.36. The van der Waals surface area contributed by atoms with Crippen LogP contribution in [0.4, 0.5) is 11.5 Å². The Labute approximate surface area is 136 Å². The van der Waals surface area contributed by atoms with Crippen LogP contribution in [-0.4, -0.2) is 49.0 Å². The van der Waals surface area contributed by atoms with Gasteiger partial charge < -0.3 is 15.0 Å². The molecule has 3 rings (SSSR count). The van der Waals surface area contributed by atoms with Crippen LogP contribution in [0.15, 0.2) is 30.6 Å². The van der Waals surface area contributed by atoms with E-state index in [0.29, 0.717) is 5.71 Å². The first-order chi connectivity index (χ1) is 11.2. The summed E-state index contributed by atoms with van der Waals surface area (Å²) in [5, 5.41) is 11.8. The van der Waals surface area contributed by atoms with E-state index in [9.17, 15) is 0 Å². The van der Waals surface area contributed by atoms with Gasteiger partial charge in [-0.15, -0.1) is 0 Å². The van der Waals surface area contributed by atoms with Crippen molar-refractivity contribution in [1.82, 2.24) is 9.97 Å². The number of nitrogens with one attached hydrogen (secondary N) is 2. The van der Waals surface area contributed by atoms with Gasteiger partial charge in [0.25, 0.3) is 0 Å². The Morgan fingerprint density at radius 2 is 1.96 bits per heavy atom. The van der Waals surface area contributed by atoms with Crippen LogP contribution in [0.25, 0.3) is 0 Å². The van der Waals surface area contributed by atoms with Crippen molar-refractivity contribution in [2.24, 2.45) is 0 Å². The highest BCUT2D eigenvalue weighted by Gasteiger charge is 2.17. The summed E-state index contributed by atoms with van der Waals surface area (Å²) in [5.74, 6) is 0.892. The summed E-state index contributed by atoms with van der Waals surface area (Å²) in [5.41, 5.74) is 3.87. The van der Waals surface area contributed by atoms with E-state index in [2.05, 4.69) is 20.2 Å². The van der Waals surface area contributed by atoms with Crippen LogP contribution in [0.1, 0.15) is 16.8 Å². The predicted molar refractivity (Wildman–Crippen MR) is 91.7 cm³/mol. The molecular weight excluding hydrogens is 290 g/mol. The van der Waals surface area contributed by atoms with E-state index in [0.717, 1.165) is 54.6 Å². The van der Waals surface area contributed by atoms with Crippen LogP contribution in [0.2, 0.25) is 0 Å². The lowest BCUT2D eigenvalue weighted by molar-refractivity contribution is 0.122. The zero-order valence-electron chi connectivity index (χ0n) is 13.5. The van der Waals surface area contributed by atoms with E-state index in [1.54, 1.807) is 12.4 Å². The van der Waals surface area contributed by atoms with E-state index in [1.165, 1.54) is 0 Å². The van der Waals surface area contributed by atoms with Crippen LogP contribution in [0.3, 0.4) is 0 Å². The Balaban J connectivity index is 1.94.